The fraction of sp³-hybridized carbons (Fsp3) is 0.0667. The van der Waals surface area contributed by atoms with E-state index in [0.717, 1.165) is 6.33 Å². The molecule has 0 unspecified atom stereocenters. The Kier molecular flexibility index (Phi) is 5.37. The van der Waals surface area contributed by atoms with Gasteiger partial charge >= 0.3 is 5.69 Å². The van der Waals surface area contributed by atoms with Crippen LogP contribution in [-0.4, -0.2) is 32.9 Å². The van der Waals surface area contributed by atoms with Gasteiger partial charge in [-0.1, -0.05) is 0 Å². The molecule has 0 aliphatic rings. The van der Waals surface area contributed by atoms with Crippen molar-refractivity contribution in [1.82, 2.24) is 20.4 Å². The van der Waals surface area contributed by atoms with Gasteiger partial charge in [0.25, 0.3) is 5.91 Å². The first-order valence-corrected chi connectivity index (χ1v) is 8.32. The van der Waals surface area contributed by atoms with Gasteiger partial charge in [0.05, 0.1) is 12.0 Å². The van der Waals surface area contributed by atoms with Crippen LogP contribution in [0.1, 0.15) is 10.4 Å². The van der Waals surface area contributed by atoms with Gasteiger partial charge in [-0.3, -0.25) is 25.8 Å². The van der Waals surface area contributed by atoms with Crippen molar-refractivity contribution in [3.05, 3.63) is 57.8 Å². The molecule has 11 nitrogen and oxygen atoms in total. The number of ether oxygens (including phenoxy) is 1. The Morgan fingerprint density at radius 2 is 1.93 bits per heavy atom. The molecule has 12 heteroatoms. The first-order valence-electron chi connectivity index (χ1n) is 7.45. The molecule has 27 heavy (non-hydrogen) atoms. The Morgan fingerprint density at radius 3 is 2.56 bits per heavy atom. The average molecular weight is 387 g/mol. The normalized spacial score (nSPS) is 10.1. The van der Waals surface area contributed by atoms with Crippen molar-refractivity contribution < 1.29 is 14.5 Å². The number of hydrogen-bond acceptors (Lipinski definition) is 10. The maximum absolute atomic E-state index is 12.2. The number of carbonyl (C=O) groups excluding carboxylic acids is 1. The van der Waals surface area contributed by atoms with E-state index in [1.807, 2.05) is 0 Å². The van der Waals surface area contributed by atoms with Gasteiger partial charge in [0.15, 0.2) is 5.13 Å². The van der Waals surface area contributed by atoms with Crippen molar-refractivity contribution in [1.29, 1.82) is 0 Å². The highest BCUT2D eigenvalue weighted by Gasteiger charge is 2.24. The molecular weight excluding hydrogens is 374 g/mol. The number of nitro groups is 1. The van der Waals surface area contributed by atoms with Gasteiger partial charge in [0.2, 0.25) is 11.6 Å². The molecule has 0 atom stereocenters. The fourth-order valence-corrected chi connectivity index (χ4v) is 2.58. The molecular formula is C15H13N7O4S. The zero-order valence-electron chi connectivity index (χ0n) is 13.9. The van der Waals surface area contributed by atoms with E-state index in [4.69, 9.17) is 4.74 Å². The summed E-state index contributed by atoms with van der Waals surface area (Å²) in [5, 5.41) is 16.4. The number of thiazole rings is 1. The van der Waals surface area contributed by atoms with Gasteiger partial charge in [0.1, 0.15) is 12.1 Å². The first-order chi connectivity index (χ1) is 13.1. The number of methoxy groups -OCH3 is 1. The Morgan fingerprint density at radius 1 is 1.19 bits per heavy atom. The van der Waals surface area contributed by atoms with Gasteiger partial charge in [0, 0.05) is 17.1 Å². The van der Waals surface area contributed by atoms with Crippen LogP contribution in [0.5, 0.6) is 5.75 Å². The summed E-state index contributed by atoms with van der Waals surface area (Å²) in [6, 6.07) is 6.36. The van der Waals surface area contributed by atoms with Crippen LogP contribution in [0.25, 0.3) is 0 Å². The molecule has 3 rings (SSSR count). The number of anilines is 3. The minimum Gasteiger partial charge on any atom is -0.497 e. The number of carbonyl (C=O) groups is 1. The number of nitrogens with zero attached hydrogens (tertiary/aromatic N) is 4. The van der Waals surface area contributed by atoms with E-state index in [9.17, 15) is 14.9 Å². The second-order valence-corrected chi connectivity index (χ2v) is 5.84. The molecule has 2 heterocycles. The van der Waals surface area contributed by atoms with Crippen molar-refractivity contribution in [3.8, 4) is 5.75 Å². The Bertz CT molecular complexity index is 947. The van der Waals surface area contributed by atoms with Crippen molar-refractivity contribution in [2.75, 3.05) is 17.9 Å². The van der Waals surface area contributed by atoms with Crippen molar-refractivity contribution >= 4 is 39.7 Å². The van der Waals surface area contributed by atoms with Gasteiger partial charge in [-0.2, -0.15) is 0 Å². The summed E-state index contributed by atoms with van der Waals surface area (Å²) in [5.74, 6) is -0.120. The molecule has 1 amide bonds. The predicted molar refractivity (Wildman–Crippen MR) is 98.2 cm³/mol. The lowest BCUT2D eigenvalue weighted by molar-refractivity contribution is -0.383. The molecule has 0 saturated heterocycles. The van der Waals surface area contributed by atoms with Crippen LogP contribution in [0.2, 0.25) is 0 Å². The van der Waals surface area contributed by atoms with Crippen LogP contribution >= 0.6 is 11.3 Å². The fourth-order valence-electron chi connectivity index (χ4n) is 2.05. The van der Waals surface area contributed by atoms with E-state index in [-0.39, 0.29) is 11.6 Å². The SMILES string of the molecule is COc1ccc(C(=O)NNc2ncnc(Nc3nccs3)c2[N+](=O)[O-])cc1. The third-order valence-electron chi connectivity index (χ3n) is 3.31. The average Bonchev–Trinajstić information content (AvgIpc) is 3.19. The van der Waals surface area contributed by atoms with Gasteiger partial charge in [-0.15, -0.1) is 11.3 Å². The number of aromatic nitrogens is 3. The van der Waals surface area contributed by atoms with Crippen molar-refractivity contribution in [2.24, 2.45) is 0 Å². The molecule has 138 valence electrons. The smallest absolute Gasteiger partial charge is 0.355 e. The minimum absolute atomic E-state index is 0.0499. The molecule has 0 aliphatic carbocycles. The number of benzene rings is 1. The summed E-state index contributed by atoms with van der Waals surface area (Å²) in [5.41, 5.74) is 4.74. The highest BCUT2D eigenvalue weighted by molar-refractivity contribution is 7.13. The lowest BCUT2D eigenvalue weighted by Gasteiger charge is -2.10. The number of rotatable bonds is 7. The molecule has 2 aromatic heterocycles. The number of nitrogens with one attached hydrogen (secondary N) is 3. The maximum Gasteiger partial charge on any atom is 0.355 e. The summed E-state index contributed by atoms with van der Waals surface area (Å²) in [4.78, 5) is 34.7. The zero-order chi connectivity index (χ0) is 19.2. The van der Waals surface area contributed by atoms with E-state index in [2.05, 4.69) is 31.1 Å². The summed E-state index contributed by atoms with van der Waals surface area (Å²) < 4.78 is 5.03. The zero-order valence-corrected chi connectivity index (χ0v) is 14.7. The van der Waals surface area contributed by atoms with Gasteiger partial charge in [-0.05, 0) is 24.3 Å². The molecule has 0 fully saturated rings. The topological polar surface area (TPSA) is 144 Å². The van der Waals surface area contributed by atoms with E-state index in [1.165, 1.54) is 18.4 Å². The van der Waals surface area contributed by atoms with Crippen LogP contribution in [0.4, 0.5) is 22.5 Å². The first kappa shape index (κ1) is 18.0. The monoisotopic (exact) mass is 387 g/mol. The lowest BCUT2D eigenvalue weighted by Crippen LogP contribution is -2.30. The Balaban J connectivity index is 1.77. The van der Waals surface area contributed by atoms with Crippen LogP contribution in [-0.2, 0) is 0 Å². The molecule has 0 radical (unpaired) electrons. The molecule has 0 spiro atoms. The number of hydrazine groups is 1. The predicted octanol–water partition coefficient (Wildman–Crippen LogP) is 2.35. The van der Waals surface area contributed by atoms with Crippen LogP contribution < -0.4 is 20.9 Å². The Labute approximate surface area is 156 Å². The summed E-state index contributed by atoms with van der Waals surface area (Å²) >= 11 is 1.26. The van der Waals surface area contributed by atoms with E-state index >= 15 is 0 Å². The summed E-state index contributed by atoms with van der Waals surface area (Å²) in [6.07, 6.45) is 2.68. The Hall–Kier alpha value is -3.80. The molecule has 1 aromatic carbocycles. The molecule has 3 N–H and O–H groups in total. The van der Waals surface area contributed by atoms with Crippen molar-refractivity contribution in [3.63, 3.8) is 0 Å². The standard InChI is InChI=1S/C15H13N7O4S/c1-26-10-4-2-9(3-5-10)14(23)21-20-13-11(22(24)25)12(17-8-18-13)19-15-16-6-7-27-15/h2-8H,1H3,(H,21,23)(H2,16,17,18,19,20). The third kappa shape index (κ3) is 4.24. The van der Waals surface area contributed by atoms with E-state index in [1.54, 1.807) is 35.8 Å². The number of hydrogen-bond donors (Lipinski definition) is 3. The van der Waals surface area contributed by atoms with Crippen molar-refractivity contribution in [2.45, 2.75) is 0 Å². The summed E-state index contributed by atoms with van der Waals surface area (Å²) in [7, 11) is 1.52. The molecule has 3 aromatic rings. The van der Waals surface area contributed by atoms with Crippen LogP contribution in [0.15, 0.2) is 42.2 Å². The maximum atomic E-state index is 12.2. The van der Waals surface area contributed by atoms with Crippen LogP contribution in [0.3, 0.4) is 0 Å². The second kappa shape index (κ2) is 8.05. The third-order valence-corrected chi connectivity index (χ3v) is 4.00. The summed E-state index contributed by atoms with van der Waals surface area (Å²) in [6.45, 7) is 0. The molecule has 0 aliphatic heterocycles. The van der Waals surface area contributed by atoms with Gasteiger partial charge < -0.3 is 10.1 Å². The highest BCUT2D eigenvalue weighted by Crippen LogP contribution is 2.31. The van der Waals surface area contributed by atoms with Gasteiger partial charge in [-0.25, -0.2) is 15.0 Å². The van der Waals surface area contributed by atoms with Crippen LogP contribution in [0, 0.1) is 10.1 Å². The highest BCUT2D eigenvalue weighted by atomic mass is 32.1. The van der Waals surface area contributed by atoms with E-state index in [0.29, 0.717) is 16.4 Å². The minimum atomic E-state index is -0.655. The quantitative estimate of drug-likeness (QED) is 0.411. The largest absolute Gasteiger partial charge is 0.497 e. The van der Waals surface area contributed by atoms with E-state index < -0.39 is 16.5 Å². The molecule has 0 bridgehead atoms. The molecule has 0 saturated carbocycles. The second-order valence-electron chi connectivity index (χ2n) is 4.95. The number of amides is 1. The lowest BCUT2D eigenvalue weighted by atomic mass is 10.2.